The minimum atomic E-state index is -0.00726. The molecule has 0 atom stereocenters. The zero-order valence-corrected chi connectivity index (χ0v) is 16.1. The zero-order chi connectivity index (χ0) is 19.8. The second-order valence-electron chi connectivity index (χ2n) is 6.48. The van der Waals surface area contributed by atoms with E-state index in [1.54, 1.807) is 12.3 Å². The molecule has 0 unspecified atom stereocenters. The lowest BCUT2D eigenvalue weighted by atomic mass is 10.2. The van der Waals surface area contributed by atoms with Crippen LogP contribution in [0.2, 0.25) is 0 Å². The van der Waals surface area contributed by atoms with Crippen LogP contribution in [0.25, 0.3) is 0 Å². The van der Waals surface area contributed by atoms with E-state index in [-0.39, 0.29) is 5.91 Å². The Labute approximate surface area is 165 Å². The molecule has 0 spiro atoms. The molecule has 1 aromatic heterocycles. The van der Waals surface area contributed by atoms with Crippen LogP contribution < -0.4 is 14.8 Å². The number of hydrogen-bond acceptors (Lipinski definition) is 4. The van der Waals surface area contributed by atoms with Crippen LogP contribution in [0.3, 0.4) is 0 Å². The molecule has 3 aromatic rings. The molecule has 0 aliphatic carbocycles. The lowest BCUT2D eigenvalue weighted by Gasteiger charge is -2.11. The molecule has 0 aliphatic heterocycles. The summed E-state index contributed by atoms with van der Waals surface area (Å²) < 4.78 is 11.6. The van der Waals surface area contributed by atoms with E-state index in [4.69, 9.17) is 9.47 Å². The van der Waals surface area contributed by atoms with E-state index in [9.17, 15) is 4.79 Å². The van der Waals surface area contributed by atoms with Gasteiger partial charge < -0.3 is 14.8 Å². The average molecular weight is 376 g/mol. The lowest BCUT2D eigenvalue weighted by Crippen LogP contribution is -2.11. The predicted molar refractivity (Wildman–Crippen MR) is 110 cm³/mol. The molecule has 1 N–H and O–H groups in total. The molecule has 0 saturated carbocycles. The van der Waals surface area contributed by atoms with Crippen molar-refractivity contribution in [3.8, 4) is 17.4 Å². The highest BCUT2D eigenvalue weighted by Crippen LogP contribution is 2.25. The van der Waals surface area contributed by atoms with Crippen molar-refractivity contribution in [1.29, 1.82) is 0 Å². The van der Waals surface area contributed by atoms with E-state index in [0.717, 1.165) is 23.3 Å². The maximum Gasteiger partial charge on any atom is 0.224 e. The van der Waals surface area contributed by atoms with Crippen LogP contribution in [0, 0.1) is 6.92 Å². The van der Waals surface area contributed by atoms with Gasteiger partial charge in [0.15, 0.2) is 0 Å². The number of anilines is 1. The van der Waals surface area contributed by atoms with Crippen molar-refractivity contribution in [1.82, 2.24) is 4.98 Å². The number of nitrogens with zero attached hydrogens (tertiary/aromatic N) is 1. The van der Waals surface area contributed by atoms with E-state index in [2.05, 4.69) is 10.3 Å². The molecular weight excluding hydrogens is 352 g/mol. The fraction of sp³-hybridized carbons (Fsp3) is 0.217. The number of nitrogens with one attached hydrogen (secondary N) is 1. The van der Waals surface area contributed by atoms with E-state index in [1.165, 1.54) is 0 Å². The standard InChI is InChI=1S/C23H24N2O3/c1-3-7-22(26)25-21-15-24-23(14-17(21)2)28-20-12-10-19(11-13-20)27-16-18-8-5-4-6-9-18/h4-6,8-15H,3,7,16H2,1-2H3,(H,25,26). The van der Waals surface area contributed by atoms with Gasteiger partial charge in [0.1, 0.15) is 18.1 Å². The van der Waals surface area contributed by atoms with Gasteiger partial charge in [-0.1, -0.05) is 37.3 Å². The molecule has 144 valence electrons. The van der Waals surface area contributed by atoms with Crippen molar-refractivity contribution in [3.63, 3.8) is 0 Å². The molecule has 0 bridgehead atoms. The first-order valence-corrected chi connectivity index (χ1v) is 9.35. The van der Waals surface area contributed by atoms with Crippen LogP contribution in [0.5, 0.6) is 17.4 Å². The topological polar surface area (TPSA) is 60.5 Å². The Morgan fingerprint density at radius 3 is 2.43 bits per heavy atom. The van der Waals surface area contributed by atoms with Crippen LogP contribution in [-0.4, -0.2) is 10.9 Å². The summed E-state index contributed by atoms with van der Waals surface area (Å²) in [6.07, 6.45) is 2.93. The van der Waals surface area contributed by atoms with Crippen molar-refractivity contribution >= 4 is 11.6 Å². The number of carbonyl (C=O) groups is 1. The summed E-state index contributed by atoms with van der Waals surface area (Å²) in [6, 6.07) is 19.2. The number of aryl methyl sites for hydroxylation is 1. The molecular formula is C23H24N2O3. The highest BCUT2D eigenvalue weighted by molar-refractivity contribution is 5.91. The summed E-state index contributed by atoms with van der Waals surface area (Å²) in [5.41, 5.74) is 2.72. The molecule has 3 rings (SSSR count). The number of aromatic nitrogens is 1. The van der Waals surface area contributed by atoms with Gasteiger partial charge in [0.05, 0.1) is 11.9 Å². The van der Waals surface area contributed by atoms with Gasteiger partial charge in [-0.25, -0.2) is 4.98 Å². The van der Waals surface area contributed by atoms with Crippen LogP contribution in [0.4, 0.5) is 5.69 Å². The van der Waals surface area contributed by atoms with Crippen molar-refractivity contribution in [3.05, 3.63) is 78.0 Å². The van der Waals surface area contributed by atoms with Crippen LogP contribution in [0.1, 0.15) is 30.9 Å². The predicted octanol–water partition coefficient (Wildman–Crippen LogP) is 5.50. The summed E-state index contributed by atoms with van der Waals surface area (Å²) in [5, 5.41) is 2.86. The van der Waals surface area contributed by atoms with E-state index < -0.39 is 0 Å². The quantitative estimate of drug-likeness (QED) is 0.564. The average Bonchev–Trinajstić information content (AvgIpc) is 2.70. The highest BCUT2D eigenvalue weighted by atomic mass is 16.5. The Morgan fingerprint density at radius 1 is 1.04 bits per heavy atom. The second-order valence-corrected chi connectivity index (χ2v) is 6.48. The maximum atomic E-state index is 11.7. The largest absolute Gasteiger partial charge is 0.489 e. The molecule has 1 heterocycles. The van der Waals surface area contributed by atoms with Crippen LogP contribution in [-0.2, 0) is 11.4 Å². The molecule has 2 aromatic carbocycles. The third kappa shape index (κ3) is 5.58. The zero-order valence-electron chi connectivity index (χ0n) is 16.1. The maximum absolute atomic E-state index is 11.7. The lowest BCUT2D eigenvalue weighted by molar-refractivity contribution is -0.116. The third-order valence-corrected chi connectivity index (χ3v) is 4.13. The Morgan fingerprint density at radius 2 is 1.75 bits per heavy atom. The van der Waals surface area contributed by atoms with Gasteiger partial charge in [-0.05, 0) is 48.7 Å². The minimum absolute atomic E-state index is 0.00726. The van der Waals surface area contributed by atoms with E-state index in [1.807, 2.05) is 68.4 Å². The number of rotatable bonds is 8. The summed E-state index contributed by atoms with van der Waals surface area (Å²) in [4.78, 5) is 16.0. The first kappa shape index (κ1) is 19.4. The molecule has 5 nitrogen and oxygen atoms in total. The summed E-state index contributed by atoms with van der Waals surface area (Å²) in [7, 11) is 0. The number of carbonyl (C=O) groups excluding carboxylic acids is 1. The smallest absolute Gasteiger partial charge is 0.224 e. The Bertz CT molecular complexity index is 909. The van der Waals surface area contributed by atoms with Crippen molar-refractivity contribution in [2.45, 2.75) is 33.3 Å². The van der Waals surface area contributed by atoms with Gasteiger partial charge in [0.2, 0.25) is 11.8 Å². The van der Waals surface area contributed by atoms with Crippen molar-refractivity contribution < 1.29 is 14.3 Å². The van der Waals surface area contributed by atoms with E-state index >= 15 is 0 Å². The van der Waals surface area contributed by atoms with Crippen molar-refractivity contribution in [2.24, 2.45) is 0 Å². The van der Waals surface area contributed by atoms with E-state index in [0.29, 0.717) is 30.3 Å². The summed E-state index contributed by atoms with van der Waals surface area (Å²) in [6.45, 7) is 4.41. The van der Waals surface area contributed by atoms with Gasteiger partial charge in [-0.2, -0.15) is 0 Å². The van der Waals surface area contributed by atoms with Gasteiger partial charge in [0.25, 0.3) is 0 Å². The van der Waals surface area contributed by atoms with Crippen LogP contribution in [0.15, 0.2) is 66.9 Å². The normalized spacial score (nSPS) is 10.4. The number of hydrogen-bond donors (Lipinski definition) is 1. The minimum Gasteiger partial charge on any atom is -0.489 e. The summed E-state index contributed by atoms with van der Waals surface area (Å²) in [5.74, 6) is 1.91. The van der Waals surface area contributed by atoms with Gasteiger partial charge in [-0.15, -0.1) is 0 Å². The second kappa shape index (κ2) is 9.55. The molecule has 5 heteroatoms. The number of ether oxygens (including phenoxy) is 2. The highest BCUT2D eigenvalue weighted by Gasteiger charge is 2.07. The Hall–Kier alpha value is -3.34. The molecule has 0 radical (unpaired) electrons. The first-order chi connectivity index (χ1) is 13.6. The summed E-state index contributed by atoms with van der Waals surface area (Å²) >= 11 is 0. The van der Waals surface area contributed by atoms with Gasteiger partial charge in [-0.3, -0.25) is 4.79 Å². The van der Waals surface area contributed by atoms with Crippen LogP contribution >= 0.6 is 0 Å². The van der Waals surface area contributed by atoms with Gasteiger partial charge >= 0.3 is 0 Å². The Balaban J connectivity index is 1.57. The fourth-order valence-electron chi connectivity index (χ4n) is 2.62. The molecule has 0 saturated heterocycles. The molecule has 1 amide bonds. The SMILES string of the molecule is CCCC(=O)Nc1cnc(Oc2ccc(OCc3ccccc3)cc2)cc1C. The Kier molecular flexibility index (Phi) is 6.63. The number of pyridine rings is 1. The van der Waals surface area contributed by atoms with Crippen molar-refractivity contribution in [2.75, 3.05) is 5.32 Å². The van der Waals surface area contributed by atoms with Gasteiger partial charge in [0, 0.05) is 12.5 Å². The number of benzene rings is 2. The molecule has 28 heavy (non-hydrogen) atoms. The third-order valence-electron chi connectivity index (χ3n) is 4.13. The molecule has 0 aliphatic rings. The number of amides is 1. The molecule has 0 fully saturated rings. The first-order valence-electron chi connectivity index (χ1n) is 9.35. The fourth-order valence-corrected chi connectivity index (χ4v) is 2.62. The monoisotopic (exact) mass is 376 g/mol.